The highest BCUT2D eigenvalue weighted by molar-refractivity contribution is 5.67. The van der Waals surface area contributed by atoms with Gasteiger partial charge in [0.15, 0.2) is 0 Å². The molecule has 0 radical (unpaired) electrons. The molecule has 7 atom stereocenters. The molecule has 2 saturated carbocycles. The lowest BCUT2D eigenvalue weighted by Gasteiger charge is -2.62. The maximum atomic E-state index is 11.9. The van der Waals surface area contributed by atoms with Crippen molar-refractivity contribution in [2.75, 3.05) is 0 Å². The average molecular weight is 487 g/mol. The standard InChI is InChI=1S/C32H54O3/c1-21(2)9-8-10-22(3)23-14-19-32(20-16-28(34)35)25-11-12-26-29(4,5)27(33)15-17-30(26,6)24(25)13-18-31(23,32)7/h21-23,26-27,33H,8-20H2,1-7H3,(H,34,35)/t22-,23-,26?,27+,30-,31-,32-/m1/s1. The molecule has 0 amide bonds. The minimum absolute atomic E-state index is 0.0519. The summed E-state index contributed by atoms with van der Waals surface area (Å²) < 4.78 is 0. The van der Waals surface area contributed by atoms with Gasteiger partial charge in [0.25, 0.3) is 0 Å². The van der Waals surface area contributed by atoms with Gasteiger partial charge in [-0.2, -0.15) is 0 Å². The van der Waals surface area contributed by atoms with Gasteiger partial charge < -0.3 is 10.2 Å². The number of aliphatic hydroxyl groups is 1. The number of carboxylic acids is 1. The fourth-order valence-electron chi connectivity index (χ4n) is 10.3. The Bertz CT molecular complexity index is 840. The van der Waals surface area contributed by atoms with E-state index >= 15 is 0 Å². The summed E-state index contributed by atoms with van der Waals surface area (Å²) in [4.78, 5) is 11.9. The minimum atomic E-state index is -0.635. The first-order chi connectivity index (χ1) is 16.3. The summed E-state index contributed by atoms with van der Waals surface area (Å²) in [5.74, 6) is 2.07. The van der Waals surface area contributed by atoms with Crippen LogP contribution < -0.4 is 0 Å². The maximum Gasteiger partial charge on any atom is 0.303 e. The topological polar surface area (TPSA) is 57.5 Å². The Morgan fingerprint density at radius 1 is 0.943 bits per heavy atom. The van der Waals surface area contributed by atoms with Gasteiger partial charge in [-0.25, -0.2) is 0 Å². The number of allylic oxidation sites excluding steroid dienone is 2. The fourth-order valence-corrected chi connectivity index (χ4v) is 10.3. The van der Waals surface area contributed by atoms with E-state index in [1.807, 2.05) is 0 Å². The van der Waals surface area contributed by atoms with Crippen molar-refractivity contribution in [2.24, 2.45) is 45.3 Å². The number of aliphatic carboxylic acids is 1. The van der Waals surface area contributed by atoms with Gasteiger partial charge in [0, 0.05) is 6.42 Å². The molecule has 0 aliphatic heterocycles. The number of fused-ring (bicyclic) bond motifs is 4. The van der Waals surface area contributed by atoms with Crippen molar-refractivity contribution in [1.29, 1.82) is 0 Å². The van der Waals surface area contributed by atoms with Gasteiger partial charge >= 0.3 is 5.97 Å². The molecule has 0 spiro atoms. The van der Waals surface area contributed by atoms with Crippen molar-refractivity contribution in [3.63, 3.8) is 0 Å². The van der Waals surface area contributed by atoms with Crippen molar-refractivity contribution >= 4 is 5.97 Å². The Balaban J connectivity index is 1.72. The molecule has 200 valence electrons. The molecule has 0 aromatic carbocycles. The van der Waals surface area contributed by atoms with E-state index in [0.29, 0.717) is 24.2 Å². The third-order valence-electron chi connectivity index (χ3n) is 12.4. The van der Waals surface area contributed by atoms with Crippen LogP contribution >= 0.6 is 0 Å². The molecular weight excluding hydrogens is 432 g/mol. The lowest BCUT2D eigenvalue weighted by Crippen LogP contribution is -2.55. The van der Waals surface area contributed by atoms with E-state index in [1.165, 1.54) is 44.9 Å². The first-order valence-corrected chi connectivity index (χ1v) is 14.9. The quantitative estimate of drug-likeness (QED) is 0.339. The number of carbonyl (C=O) groups is 1. The van der Waals surface area contributed by atoms with E-state index in [9.17, 15) is 15.0 Å². The Morgan fingerprint density at radius 3 is 2.31 bits per heavy atom. The van der Waals surface area contributed by atoms with Crippen molar-refractivity contribution in [1.82, 2.24) is 0 Å². The molecule has 0 bridgehead atoms. The summed E-state index contributed by atoms with van der Waals surface area (Å²) in [6.07, 6.45) is 14.0. The molecule has 35 heavy (non-hydrogen) atoms. The minimum Gasteiger partial charge on any atom is -0.481 e. The third kappa shape index (κ3) is 4.24. The fraction of sp³-hybridized carbons (Fsp3) is 0.906. The average Bonchev–Trinajstić information content (AvgIpc) is 3.08. The summed E-state index contributed by atoms with van der Waals surface area (Å²) in [6, 6.07) is 0. The van der Waals surface area contributed by atoms with Crippen molar-refractivity contribution in [3.05, 3.63) is 11.1 Å². The predicted octanol–water partition coefficient (Wildman–Crippen LogP) is 8.40. The number of hydrogen-bond acceptors (Lipinski definition) is 2. The summed E-state index contributed by atoms with van der Waals surface area (Å²) in [5, 5.41) is 20.7. The molecule has 2 N–H and O–H groups in total. The Labute approximate surface area is 215 Å². The molecule has 0 saturated heterocycles. The Hall–Kier alpha value is -0.830. The Morgan fingerprint density at radius 2 is 1.66 bits per heavy atom. The number of aliphatic hydroxyl groups excluding tert-OH is 1. The summed E-state index contributed by atoms with van der Waals surface area (Å²) >= 11 is 0. The van der Waals surface area contributed by atoms with Gasteiger partial charge in [0.1, 0.15) is 0 Å². The highest BCUT2D eigenvalue weighted by Crippen LogP contribution is 2.73. The van der Waals surface area contributed by atoms with Crippen molar-refractivity contribution in [2.45, 2.75) is 138 Å². The third-order valence-corrected chi connectivity index (χ3v) is 12.4. The van der Waals surface area contributed by atoms with Crippen LogP contribution in [0.3, 0.4) is 0 Å². The van der Waals surface area contributed by atoms with Crippen LogP contribution in [0.25, 0.3) is 0 Å². The summed E-state index contributed by atoms with van der Waals surface area (Å²) in [7, 11) is 0. The van der Waals surface area contributed by atoms with Crippen molar-refractivity contribution in [3.8, 4) is 0 Å². The first-order valence-electron chi connectivity index (χ1n) is 14.9. The van der Waals surface area contributed by atoms with Gasteiger partial charge in [-0.3, -0.25) is 4.79 Å². The maximum absolute atomic E-state index is 11.9. The molecule has 0 heterocycles. The zero-order valence-corrected chi connectivity index (χ0v) is 23.9. The van der Waals surface area contributed by atoms with Crippen LogP contribution in [0.2, 0.25) is 0 Å². The van der Waals surface area contributed by atoms with E-state index in [4.69, 9.17) is 0 Å². The second-order valence-electron chi connectivity index (χ2n) is 14.7. The number of rotatable bonds is 8. The zero-order valence-electron chi connectivity index (χ0n) is 23.9. The predicted molar refractivity (Wildman–Crippen MR) is 144 cm³/mol. The molecule has 3 nitrogen and oxygen atoms in total. The lowest BCUT2D eigenvalue weighted by atomic mass is 9.42. The first kappa shape index (κ1) is 27.2. The molecule has 4 aliphatic rings. The molecule has 2 fully saturated rings. The molecule has 0 aromatic heterocycles. The number of hydrogen-bond donors (Lipinski definition) is 2. The normalized spacial score (nSPS) is 41.3. The van der Waals surface area contributed by atoms with E-state index in [2.05, 4.69) is 48.5 Å². The number of carboxylic acid groups (broad SMARTS) is 1. The lowest BCUT2D eigenvalue weighted by molar-refractivity contribution is -0.138. The van der Waals surface area contributed by atoms with Crippen LogP contribution in [-0.4, -0.2) is 22.3 Å². The van der Waals surface area contributed by atoms with Crippen LogP contribution in [0.15, 0.2) is 11.1 Å². The second-order valence-corrected chi connectivity index (χ2v) is 14.7. The summed E-state index contributed by atoms with van der Waals surface area (Å²) in [6.45, 7) is 16.8. The molecule has 0 aromatic rings. The van der Waals surface area contributed by atoms with Crippen LogP contribution in [-0.2, 0) is 4.79 Å². The van der Waals surface area contributed by atoms with Crippen molar-refractivity contribution < 1.29 is 15.0 Å². The largest absolute Gasteiger partial charge is 0.481 e. The van der Waals surface area contributed by atoms with Crippen LogP contribution in [0, 0.1) is 45.3 Å². The van der Waals surface area contributed by atoms with Gasteiger partial charge in [-0.05, 0) is 103 Å². The zero-order chi connectivity index (χ0) is 25.8. The van der Waals surface area contributed by atoms with Gasteiger partial charge in [-0.1, -0.05) is 78.9 Å². The monoisotopic (exact) mass is 486 g/mol. The molecular formula is C32H54O3. The molecule has 4 rings (SSSR count). The molecule has 4 aliphatic carbocycles. The molecule has 3 heteroatoms. The van der Waals surface area contributed by atoms with Gasteiger partial charge in [-0.15, -0.1) is 0 Å². The van der Waals surface area contributed by atoms with Crippen LogP contribution in [0.1, 0.15) is 132 Å². The second kappa shape index (κ2) is 9.48. The Kier molecular flexibility index (Phi) is 7.37. The van der Waals surface area contributed by atoms with Crippen LogP contribution in [0.5, 0.6) is 0 Å². The molecule has 1 unspecified atom stereocenters. The van der Waals surface area contributed by atoms with Gasteiger partial charge in [0.05, 0.1) is 6.10 Å². The summed E-state index contributed by atoms with van der Waals surface area (Å²) in [5.41, 5.74) is 3.77. The highest BCUT2D eigenvalue weighted by atomic mass is 16.4. The van der Waals surface area contributed by atoms with E-state index in [1.54, 1.807) is 11.1 Å². The highest BCUT2D eigenvalue weighted by Gasteiger charge is 2.64. The van der Waals surface area contributed by atoms with E-state index in [-0.39, 0.29) is 27.8 Å². The van der Waals surface area contributed by atoms with E-state index < -0.39 is 5.97 Å². The van der Waals surface area contributed by atoms with Crippen LogP contribution in [0.4, 0.5) is 0 Å². The smallest absolute Gasteiger partial charge is 0.303 e. The van der Waals surface area contributed by atoms with Gasteiger partial charge in [0.2, 0.25) is 0 Å². The SMILES string of the molecule is CC(C)CCC[C@@H](C)[C@H]1CC[C@@]2(CCC(=O)O)C3=C(CC[C@]12C)[C@@]1(C)CC[C@H](O)C(C)(C)C1CC3. The van der Waals surface area contributed by atoms with E-state index in [0.717, 1.165) is 38.0 Å².